The molecule has 0 unspecified atom stereocenters. The summed E-state index contributed by atoms with van der Waals surface area (Å²) >= 11 is 0. The fourth-order valence-electron chi connectivity index (χ4n) is 3.21. The third-order valence-corrected chi connectivity index (χ3v) is 4.91. The summed E-state index contributed by atoms with van der Waals surface area (Å²) in [4.78, 5) is 39.5. The lowest BCUT2D eigenvalue weighted by Crippen LogP contribution is -2.32. The Morgan fingerprint density at radius 3 is 2.59 bits per heavy atom. The van der Waals surface area contributed by atoms with Crippen LogP contribution in [0.25, 0.3) is 16.9 Å². The first-order valence-corrected chi connectivity index (χ1v) is 9.78. The minimum atomic E-state index is -0.564. The van der Waals surface area contributed by atoms with Crippen LogP contribution in [-0.4, -0.2) is 32.7 Å². The van der Waals surface area contributed by atoms with Crippen LogP contribution >= 0.6 is 0 Å². The van der Waals surface area contributed by atoms with Crippen LogP contribution in [0, 0.1) is 17.0 Å². The number of nitrogens with zero attached hydrogens (tertiary/aromatic N) is 3. The number of nitrogens with one attached hydrogen (secondary N) is 2. The average Bonchev–Trinajstić information content (AvgIpc) is 3.22. The Morgan fingerprint density at radius 2 is 1.88 bits per heavy atom. The summed E-state index contributed by atoms with van der Waals surface area (Å²) in [6.07, 6.45) is 3.84. The van der Waals surface area contributed by atoms with Gasteiger partial charge in [0.2, 0.25) is 5.91 Å². The zero-order valence-electron chi connectivity index (χ0n) is 17.1. The molecule has 0 atom stereocenters. The number of nitro groups is 1. The number of amides is 2. The van der Waals surface area contributed by atoms with Crippen molar-refractivity contribution in [2.45, 2.75) is 6.92 Å². The van der Waals surface area contributed by atoms with Crippen LogP contribution < -0.4 is 10.6 Å². The lowest BCUT2D eigenvalue weighted by atomic mass is 10.1. The molecular weight excluding hydrogens is 410 g/mol. The molecule has 0 bridgehead atoms. The summed E-state index contributed by atoms with van der Waals surface area (Å²) in [6.45, 7) is 1.32. The van der Waals surface area contributed by atoms with Crippen LogP contribution in [0.3, 0.4) is 0 Å². The Kier molecular flexibility index (Phi) is 5.63. The van der Waals surface area contributed by atoms with Crippen molar-refractivity contribution in [2.75, 3.05) is 11.9 Å². The summed E-state index contributed by atoms with van der Waals surface area (Å²) in [7, 11) is 0. The van der Waals surface area contributed by atoms with E-state index in [1.54, 1.807) is 19.1 Å². The van der Waals surface area contributed by atoms with Crippen LogP contribution in [-0.2, 0) is 4.79 Å². The van der Waals surface area contributed by atoms with Gasteiger partial charge in [-0.15, -0.1) is 0 Å². The number of nitro benzene ring substituents is 1. The second-order valence-electron chi connectivity index (χ2n) is 7.16. The maximum Gasteiger partial charge on any atom is 0.273 e. The molecule has 0 aliphatic heterocycles. The van der Waals surface area contributed by atoms with Gasteiger partial charge in [0, 0.05) is 40.8 Å². The number of aryl methyl sites for hydroxylation is 1. The van der Waals surface area contributed by atoms with Crippen LogP contribution in [0.5, 0.6) is 0 Å². The predicted octanol–water partition coefficient (Wildman–Crippen LogP) is 3.59. The number of aromatic nitrogens is 2. The first kappa shape index (κ1) is 20.7. The Hall–Kier alpha value is -4.53. The molecule has 2 heterocycles. The standard InChI is InChI=1S/C23H19N5O4/c1-15-5-6-17(12-20(15)28(31)32)23(30)24-13-22(29)25-18-9-7-16(8-10-18)19-14-27-11-3-2-4-21(27)26-19/h2-12,14H,13H2,1H3,(H,24,30)(H,25,29). The van der Waals surface area contributed by atoms with Crippen molar-refractivity contribution in [1.82, 2.24) is 14.7 Å². The van der Waals surface area contributed by atoms with Gasteiger partial charge in [-0.2, -0.15) is 0 Å². The van der Waals surface area contributed by atoms with Gasteiger partial charge in [-0.1, -0.05) is 24.3 Å². The zero-order chi connectivity index (χ0) is 22.7. The van der Waals surface area contributed by atoms with Gasteiger partial charge in [0.1, 0.15) is 5.65 Å². The molecule has 4 aromatic rings. The first-order chi connectivity index (χ1) is 15.4. The molecule has 0 spiro atoms. The Bertz CT molecular complexity index is 1290. The normalized spacial score (nSPS) is 10.7. The van der Waals surface area contributed by atoms with Crippen LogP contribution in [0.15, 0.2) is 73.1 Å². The largest absolute Gasteiger partial charge is 0.343 e. The summed E-state index contributed by atoms with van der Waals surface area (Å²) in [5.74, 6) is -0.981. The molecule has 2 amide bonds. The molecule has 2 aromatic carbocycles. The summed E-state index contributed by atoms with van der Waals surface area (Å²) in [5.41, 5.74) is 3.56. The Labute approximate surface area is 182 Å². The number of carbonyl (C=O) groups is 2. The summed E-state index contributed by atoms with van der Waals surface area (Å²) < 4.78 is 1.93. The third kappa shape index (κ3) is 4.46. The van der Waals surface area contributed by atoms with Crippen LogP contribution in [0.2, 0.25) is 0 Å². The zero-order valence-corrected chi connectivity index (χ0v) is 17.1. The number of rotatable bonds is 6. The van der Waals surface area contributed by atoms with E-state index in [1.807, 2.05) is 47.1 Å². The van der Waals surface area contributed by atoms with Crippen molar-refractivity contribution in [1.29, 1.82) is 0 Å². The van der Waals surface area contributed by atoms with Crippen molar-refractivity contribution in [3.63, 3.8) is 0 Å². The average molecular weight is 429 g/mol. The van der Waals surface area contributed by atoms with Gasteiger partial charge >= 0.3 is 0 Å². The molecule has 9 heteroatoms. The molecule has 9 nitrogen and oxygen atoms in total. The van der Waals surface area contributed by atoms with Crippen molar-refractivity contribution >= 4 is 28.8 Å². The lowest BCUT2D eigenvalue weighted by Gasteiger charge is -2.08. The van der Waals surface area contributed by atoms with E-state index in [0.29, 0.717) is 11.3 Å². The maximum atomic E-state index is 12.2. The van der Waals surface area contributed by atoms with E-state index in [4.69, 9.17) is 0 Å². The number of hydrogen-bond donors (Lipinski definition) is 2. The predicted molar refractivity (Wildman–Crippen MR) is 119 cm³/mol. The molecular formula is C23H19N5O4. The SMILES string of the molecule is Cc1ccc(C(=O)NCC(=O)Nc2ccc(-c3cn4ccccc4n3)cc2)cc1[N+](=O)[O-]. The number of imidazole rings is 1. The number of hydrogen-bond acceptors (Lipinski definition) is 5. The molecule has 0 aliphatic rings. The highest BCUT2D eigenvalue weighted by molar-refractivity contribution is 5.99. The fraction of sp³-hybridized carbons (Fsp3) is 0.0870. The quantitative estimate of drug-likeness (QED) is 0.359. The van der Waals surface area contributed by atoms with Gasteiger partial charge in [-0.25, -0.2) is 4.98 Å². The fourth-order valence-corrected chi connectivity index (χ4v) is 3.21. The van der Waals surface area contributed by atoms with Gasteiger partial charge in [0.25, 0.3) is 11.6 Å². The van der Waals surface area contributed by atoms with Gasteiger partial charge in [-0.3, -0.25) is 19.7 Å². The minimum Gasteiger partial charge on any atom is -0.343 e. The maximum absolute atomic E-state index is 12.2. The van der Waals surface area contributed by atoms with Crippen molar-refractivity contribution < 1.29 is 14.5 Å². The van der Waals surface area contributed by atoms with Gasteiger partial charge < -0.3 is 15.0 Å². The monoisotopic (exact) mass is 429 g/mol. The first-order valence-electron chi connectivity index (χ1n) is 9.78. The second kappa shape index (κ2) is 8.68. The highest BCUT2D eigenvalue weighted by Gasteiger charge is 2.15. The summed E-state index contributed by atoms with van der Waals surface area (Å²) in [6, 6.07) is 17.1. The number of pyridine rings is 1. The molecule has 0 saturated carbocycles. The molecule has 0 saturated heterocycles. The highest BCUT2D eigenvalue weighted by atomic mass is 16.6. The number of carbonyl (C=O) groups excluding carboxylic acids is 2. The Balaban J connectivity index is 1.35. The smallest absolute Gasteiger partial charge is 0.273 e. The molecule has 32 heavy (non-hydrogen) atoms. The number of benzene rings is 2. The van der Waals surface area contributed by atoms with Crippen LogP contribution in [0.1, 0.15) is 15.9 Å². The second-order valence-corrected chi connectivity index (χ2v) is 7.16. The van der Waals surface area contributed by atoms with Gasteiger partial charge in [0.15, 0.2) is 0 Å². The van der Waals surface area contributed by atoms with Crippen molar-refractivity contribution in [3.05, 3.63) is 94.3 Å². The molecule has 0 fully saturated rings. The lowest BCUT2D eigenvalue weighted by molar-refractivity contribution is -0.385. The van der Waals surface area contributed by atoms with Crippen molar-refractivity contribution in [2.24, 2.45) is 0 Å². The number of fused-ring (bicyclic) bond motifs is 1. The van der Waals surface area contributed by atoms with E-state index >= 15 is 0 Å². The van der Waals surface area contributed by atoms with E-state index < -0.39 is 16.7 Å². The minimum absolute atomic E-state index is 0.118. The Morgan fingerprint density at radius 1 is 1.09 bits per heavy atom. The van der Waals surface area contributed by atoms with E-state index in [9.17, 15) is 19.7 Å². The van der Waals surface area contributed by atoms with E-state index in [2.05, 4.69) is 15.6 Å². The molecule has 4 rings (SSSR count). The number of anilines is 1. The van der Waals surface area contributed by atoms with Crippen molar-refractivity contribution in [3.8, 4) is 11.3 Å². The van der Waals surface area contributed by atoms with Gasteiger partial charge in [-0.05, 0) is 37.3 Å². The molecule has 2 aromatic heterocycles. The van der Waals surface area contributed by atoms with Gasteiger partial charge in [0.05, 0.1) is 17.2 Å². The molecule has 160 valence electrons. The van der Waals surface area contributed by atoms with E-state index in [1.165, 1.54) is 18.2 Å². The molecule has 0 radical (unpaired) electrons. The summed E-state index contributed by atoms with van der Waals surface area (Å²) in [5, 5.41) is 16.2. The molecule has 0 aliphatic carbocycles. The van der Waals surface area contributed by atoms with E-state index in [0.717, 1.165) is 16.9 Å². The third-order valence-electron chi connectivity index (χ3n) is 4.91. The van der Waals surface area contributed by atoms with Crippen LogP contribution in [0.4, 0.5) is 11.4 Å². The topological polar surface area (TPSA) is 119 Å². The van der Waals surface area contributed by atoms with E-state index in [-0.39, 0.29) is 17.8 Å². The molecule has 2 N–H and O–H groups in total. The highest BCUT2D eigenvalue weighted by Crippen LogP contribution is 2.21.